The molecule has 2 aromatic heterocycles. The number of likely N-dealkylation sites (tertiary alicyclic amines) is 1. The number of carbonyl (C=O) groups is 1. The Labute approximate surface area is 139 Å². The van der Waals surface area contributed by atoms with Crippen molar-refractivity contribution in [3.8, 4) is 0 Å². The molecule has 1 unspecified atom stereocenters. The van der Waals surface area contributed by atoms with Gasteiger partial charge in [0.05, 0.1) is 11.7 Å². The van der Waals surface area contributed by atoms with Crippen molar-refractivity contribution in [2.45, 2.75) is 59.0 Å². The fourth-order valence-corrected chi connectivity index (χ4v) is 4.25. The molecule has 0 aliphatic carbocycles. The Morgan fingerprint density at radius 1 is 1.39 bits per heavy atom. The number of nitrogens with zero attached hydrogens (tertiary/aromatic N) is 3. The van der Waals surface area contributed by atoms with Gasteiger partial charge < -0.3 is 4.90 Å². The lowest BCUT2D eigenvalue weighted by molar-refractivity contribution is -0.134. The molecule has 0 saturated carbocycles. The zero-order chi connectivity index (χ0) is 16.6. The smallest absolute Gasteiger partial charge is 0.262 e. The lowest BCUT2D eigenvalue weighted by Gasteiger charge is -2.33. The Bertz CT molecular complexity index is 793. The monoisotopic (exact) mass is 333 g/mol. The first-order valence-corrected chi connectivity index (χ1v) is 9.05. The standard InChI is InChI=1S/C17H23N3O2S/c1-11-6-4-5-8-20(11)14(21)7-9-19-10-18-16-15(17(19)22)12(2)13(3)23-16/h10-11H,4-9H2,1-3H3. The van der Waals surface area contributed by atoms with E-state index in [4.69, 9.17) is 0 Å². The van der Waals surface area contributed by atoms with Crippen molar-refractivity contribution >= 4 is 27.5 Å². The molecule has 0 aromatic carbocycles. The van der Waals surface area contributed by atoms with Crippen LogP contribution in [0.25, 0.3) is 10.2 Å². The van der Waals surface area contributed by atoms with E-state index in [0.29, 0.717) is 24.4 Å². The molecular weight excluding hydrogens is 310 g/mol. The van der Waals surface area contributed by atoms with Gasteiger partial charge in [0.1, 0.15) is 4.83 Å². The second kappa shape index (κ2) is 6.43. The molecule has 0 spiro atoms. The number of amides is 1. The van der Waals surface area contributed by atoms with Crippen LogP contribution in [0.2, 0.25) is 0 Å². The molecule has 0 N–H and O–H groups in total. The predicted molar refractivity (Wildman–Crippen MR) is 93.0 cm³/mol. The van der Waals surface area contributed by atoms with Gasteiger partial charge >= 0.3 is 0 Å². The van der Waals surface area contributed by atoms with Crippen LogP contribution >= 0.6 is 11.3 Å². The molecule has 1 amide bonds. The number of carbonyl (C=O) groups excluding carboxylic acids is 1. The van der Waals surface area contributed by atoms with Crippen molar-refractivity contribution < 1.29 is 4.79 Å². The van der Waals surface area contributed by atoms with Crippen LogP contribution in [0.5, 0.6) is 0 Å². The average molecular weight is 333 g/mol. The number of rotatable bonds is 3. The largest absolute Gasteiger partial charge is 0.340 e. The van der Waals surface area contributed by atoms with Crippen LogP contribution in [0.4, 0.5) is 0 Å². The highest BCUT2D eigenvalue weighted by molar-refractivity contribution is 7.18. The first kappa shape index (κ1) is 16.2. The summed E-state index contributed by atoms with van der Waals surface area (Å²) in [4.78, 5) is 33.3. The van der Waals surface area contributed by atoms with Crippen LogP contribution in [0.15, 0.2) is 11.1 Å². The van der Waals surface area contributed by atoms with Crippen LogP contribution in [0.3, 0.4) is 0 Å². The van der Waals surface area contributed by atoms with E-state index in [1.54, 1.807) is 22.2 Å². The predicted octanol–water partition coefficient (Wildman–Crippen LogP) is 2.87. The van der Waals surface area contributed by atoms with Crippen LogP contribution < -0.4 is 5.56 Å². The summed E-state index contributed by atoms with van der Waals surface area (Å²) < 4.78 is 1.58. The Morgan fingerprint density at radius 2 is 2.17 bits per heavy atom. The van der Waals surface area contributed by atoms with E-state index in [9.17, 15) is 9.59 Å². The normalized spacial score (nSPS) is 18.6. The van der Waals surface area contributed by atoms with Gasteiger partial charge in [-0.2, -0.15) is 0 Å². The molecule has 124 valence electrons. The van der Waals surface area contributed by atoms with E-state index in [1.807, 2.05) is 18.7 Å². The summed E-state index contributed by atoms with van der Waals surface area (Å²) in [7, 11) is 0. The van der Waals surface area contributed by atoms with Crippen molar-refractivity contribution in [3.63, 3.8) is 0 Å². The van der Waals surface area contributed by atoms with Crippen molar-refractivity contribution in [2.75, 3.05) is 6.54 Å². The van der Waals surface area contributed by atoms with Crippen molar-refractivity contribution in [1.29, 1.82) is 0 Å². The van der Waals surface area contributed by atoms with E-state index in [1.165, 1.54) is 6.42 Å². The highest BCUT2D eigenvalue weighted by Gasteiger charge is 2.23. The number of hydrogen-bond acceptors (Lipinski definition) is 4. The maximum absolute atomic E-state index is 12.6. The highest BCUT2D eigenvalue weighted by Crippen LogP contribution is 2.25. The van der Waals surface area contributed by atoms with Crippen molar-refractivity contribution in [1.82, 2.24) is 14.5 Å². The number of thiophene rings is 1. The number of aryl methyl sites for hydroxylation is 3. The molecule has 23 heavy (non-hydrogen) atoms. The molecule has 2 aromatic rings. The van der Waals surface area contributed by atoms with Crippen molar-refractivity contribution in [3.05, 3.63) is 27.1 Å². The minimum atomic E-state index is -0.0312. The van der Waals surface area contributed by atoms with Crippen LogP contribution in [-0.4, -0.2) is 32.9 Å². The van der Waals surface area contributed by atoms with Gasteiger partial charge in [-0.05, 0) is 45.6 Å². The molecule has 1 aliphatic heterocycles. The quantitative estimate of drug-likeness (QED) is 0.868. The van der Waals surface area contributed by atoms with Crippen LogP contribution in [0.1, 0.15) is 43.0 Å². The zero-order valence-electron chi connectivity index (χ0n) is 14.0. The minimum Gasteiger partial charge on any atom is -0.340 e. The van der Waals surface area contributed by atoms with Gasteiger partial charge in [-0.25, -0.2) is 4.98 Å². The SMILES string of the molecule is Cc1sc2ncn(CCC(=O)N3CCCCC3C)c(=O)c2c1C. The Morgan fingerprint density at radius 3 is 2.91 bits per heavy atom. The average Bonchev–Trinajstić information content (AvgIpc) is 2.82. The summed E-state index contributed by atoms with van der Waals surface area (Å²) in [6.45, 7) is 7.32. The van der Waals surface area contributed by atoms with Crippen LogP contribution in [-0.2, 0) is 11.3 Å². The summed E-state index contributed by atoms with van der Waals surface area (Å²) >= 11 is 1.55. The van der Waals surface area contributed by atoms with E-state index in [2.05, 4.69) is 11.9 Å². The van der Waals surface area contributed by atoms with Gasteiger partial charge in [0, 0.05) is 30.4 Å². The summed E-state index contributed by atoms with van der Waals surface area (Å²) in [6, 6.07) is 0.315. The van der Waals surface area contributed by atoms with E-state index < -0.39 is 0 Å². The summed E-state index contributed by atoms with van der Waals surface area (Å²) in [5, 5.41) is 0.703. The molecule has 1 aliphatic rings. The minimum absolute atomic E-state index is 0.0312. The number of aromatic nitrogens is 2. The lowest BCUT2D eigenvalue weighted by Crippen LogP contribution is -2.42. The van der Waals surface area contributed by atoms with Gasteiger partial charge in [0.15, 0.2) is 0 Å². The molecule has 0 bridgehead atoms. The maximum atomic E-state index is 12.6. The van der Waals surface area contributed by atoms with Gasteiger partial charge in [0.2, 0.25) is 5.91 Å². The summed E-state index contributed by atoms with van der Waals surface area (Å²) in [5.41, 5.74) is 0.976. The molecular formula is C17H23N3O2S. The Kier molecular flexibility index (Phi) is 4.53. The van der Waals surface area contributed by atoms with Crippen LogP contribution in [0, 0.1) is 13.8 Å². The maximum Gasteiger partial charge on any atom is 0.262 e. The first-order valence-electron chi connectivity index (χ1n) is 8.23. The van der Waals surface area contributed by atoms with E-state index >= 15 is 0 Å². The second-order valence-corrected chi connectivity index (χ2v) is 7.59. The fraction of sp³-hybridized carbons (Fsp3) is 0.588. The number of hydrogen-bond donors (Lipinski definition) is 0. The van der Waals surface area contributed by atoms with Crippen molar-refractivity contribution in [2.24, 2.45) is 0 Å². The number of fused-ring (bicyclic) bond motifs is 1. The summed E-state index contributed by atoms with van der Waals surface area (Å²) in [5.74, 6) is 0.141. The lowest BCUT2D eigenvalue weighted by atomic mass is 10.0. The Hall–Kier alpha value is -1.69. The second-order valence-electron chi connectivity index (χ2n) is 6.39. The molecule has 5 nitrogen and oxygen atoms in total. The molecule has 0 radical (unpaired) electrons. The third-order valence-electron chi connectivity index (χ3n) is 4.85. The highest BCUT2D eigenvalue weighted by atomic mass is 32.1. The molecule has 1 fully saturated rings. The summed E-state index contributed by atoms with van der Waals surface area (Å²) in [6.07, 6.45) is 5.29. The molecule has 1 atom stereocenters. The van der Waals surface area contributed by atoms with Gasteiger partial charge in [0.25, 0.3) is 5.56 Å². The first-order chi connectivity index (χ1) is 11.0. The van der Waals surface area contributed by atoms with E-state index in [0.717, 1.165) is 34.7 Å². The third-order valence-corrected chi connectivity index (χ3v) is 5.96. The van der Waals surface area contributed by atoms with E-state index in [-0.39, 0.29) is 11.5 Å². The molecule has 3 heterocycles. The molecule has 3 rings (SSSR count). The van der Waals surface area contributed by atoms with Gasteiger partial charge in [-0.15, -0.1) is 11.3 Å². The molecule has 1 saturated heterocycles. The fourth-order valence-electron chi connectivity index (χ4n) is 3.26. The van der Waals surface area contributed by atoms with Gasteiger partial charge in [-0.1, -0.05) is 0 Å². The topological polar surface area (TPSA) is 55.2 Å². The van der Waals surface area contributed by atoms with Gasteiger partial charge in [-0.3, -0.25) is 14.2 Å². The Balaban J connectivity index is 1.77. The zero-order valence-corrected chi connectivity index (χ0v) is 14.8. The molecule has 6 heteroatoms. The third kappa shape index (κ3) is 3.04. The number of piperidine rings is 1.